The fraction of sp³-hybridized carbons (Fsp3) is 0.250. The van der Waals surface area contributed by atoms with E-state index in [0.29, 0.717) is 11.4 Å². The topological polar surface area (TPSA) is 83.5 Å². The number of aromatic nitrogens is 1. The van der Waals surface area contributed by atoms with E-state index >= 15 is 0 Å². The smallest absolute Gasteiger partial charge is 0.129 e. The molecule has 5 nitrogen and oxygen atoms in total. The SMILES string of the molecule is CN=C(N)c1ccccc1O.CNCc1cccc(C)n1. The number of phenolic OH excluding ortho intramolecular Hbond substituents is 1. The standard InChI is InChI=1S/C8H10N2O.C8H12N2/c1-10-8(9)6-4-2-3-5-7(6)11;1-7-4-3-5-8(10-7)6-9-2/h2-5,11H,1H3,(H2,9,10);3-5,9H,6H2,1-2H3. The number of amidine groups is 1. The Balaban J connectivity index is 0.000000211. The maximum Gasteiger partial charge on any atom is 0.129 e. The summed E-state index contributed by atoms with van der Waals surface area (Å²) in [4.78, 5) is 8.05. The highest BCUT2D eigenvalue weighted by Gasteiger charge is 2.01. The summed E-state index contributed by atoms with van der Waals surface area (Å²) in [5.41, 5.74) is 8.24. The minimum absolute atomic E-state index is 0.163. The summed E-state index contributed by atoms with van der Waals surface area (Å²) in [7, 11) is 3.51. The number of para-hydroxylation sites is 1. The maximum atomic E-state index is 9.25. The van der Waals surface area contributed by atoms with Crippen molar-refractivity contribution in [1.82, 2.24) is 10.3 Å². The Kier molecular flexibility index (Phi) is 6.91. The van der Waals surface area contributed by atoms with Gasteiger partial charge in [0.1, 0.15) is 11.6 Å². The Labute approximate surface area is 125 Å². The number of aryl methyl sites for hydroxylation is 1. The van der Waals surface area contributed by atoms with E-state index in [0.717, 1.165) is 17.9 Å². The van der Waals surface area contributed by atoms with E-state index in [2.05, 4.69) is 15.3 Å². The monoisotopic (exact) mass is 286 g/mol. The van der Waals surface area contributed by atoms with Crippen molar-refractivity contribution in [2.45, 2.75) is 13.5 Å². The van der Waals surface area contributed by atoms with Crippen LogP contribution < -0.4 is 11.1 Å². The number of nitrogens with zero attached hydrogens (tertiary/aromatic N) is 2. The third kappa shape index (κ3) is 5.62. The third-order valence-corrected chi connectivity index (χ3v) is 2.72. The highest BCUT2D eigenvalue weighted by molar-refractivity contribution is 5.99. The number of hydrogen-bond acceptors (Lipinski definition) is 4. The molecule has 0 aliphatic rings. The molecule has 1 heterocycles. The molecule has 0 unspecified atom stereocenters. The largest absolute Gasteiger partial charge is 0.507 e. The van der Waals surface area contributed by atoms with Gasteiger partial charge in [0.2, 0.25) is 0 Å². The maximum absolute atomic E-state index is 9.25. The molecule has 4 N–H and O–H groups in total. The predicted molar refractivity (Wildman–Crippen MR) is 86.5 cm³/mol. The average molecular weight is 286 g/mol. The average Bonchev–Trinajstić information content (AvgIpc) is 2.48. The van der Waals surface area contributed by atoms with Crippen molar-refractivity contribution in [3.8, 4) is 5.75 Å². The van der Waals surface area contributed by atoms with Gasteiger partial charge in [0.05, 0.1) is 11.3 Å². The van der Waals surface area contributed by atoms with Crippen molar-refractivity contribution < 1.29 is 5.11 Å². The van der Waals surface area contributed by atoms with Gasteiger partial charge in [-0.2, -0.15) is 0 Å². The van der Waals surface area contributed by atoms with Crippen LogP contribution in [0, 0.1) is 6.92 Å². The zero-order chi connectivity index (χ0) is 15.7. The molecule has 0 aliphatic heterocycles. The molecule has 2 aromatic rings. The van der Waals surface area contributed by atoms with Crippen LogP contribution in [-0.4, -0.2) is 30.0 Å². The first-order chi connectivity index (χ1) is 10.1. The second-order valence-electron chi connectivity index (χ2n) is 4.43. The summed E-state index contributed by atoms with van der Waals surface area (Å²) in [6.45, 7) is 2.85. The Morgan fingerprint density at radius 3 is 2.52 bits per heavy atom. The van der Waals surface area contributed by atoms with E-state index in [-0.39, 0.29) is 5.75 Å². The Bertz CT molecular complexity index is 596. The molecule has 0 fully saturated rings. The summed E-state index contributed by atoms with van der Waals surface area (Å²) >= 11 is 0. The molecule has 0 atom stereocenters. The number of nitrogens with two attached hydrogens (primary N) is 1. The summed E-state index contributed by atoms with van der Waals surface area (Å²) in [5.74, 6) is 0.513. The lowest BCUT2D eigenvalue weighted by Crippen LogP contribution is -2.12. The van der Waals surface area contributed by atoms with Gasteiger partial charge in [-0.15, -0.1) is 0 Å². The summed E-state index contributed by atoms with van der Waals surface area (Å²) < 4.78 is 0. The minimum Gasteiger partial charge on any atom is -0.507 e. The molecule has 112 valence electrons. The van der Waals surface area contributed by atoms with Crippen molar-refractivity contribution >= 4 is 5.84 Å². The van der Waals surface area contributed by atoms with Crippen LogP contribution in [0.4, 0.5) is 0 Å². The van der Waals surface area contributed by atoms with Gasteiger partial charge in [-0.05, 0) is 38.2 Å². The van der Waals surface area contributed by atoms with Gasteiger partial charge in [0.25, 0.3) is 0 Å². The summed E-state index contributed by atoms with van der Waals surface area (Å²) in [5, 5.41) is 12.3. The van der Waals surface area contributed by atoms with E-state index in [4.69, 9.17) is 5.73 Å². The lowest BCUT2D eigenvalue weighted by Gasteiger charge is -2.00. The number of nitrogens with one attached hydrogen (secondary N) is 1. The third-order valence-electron chi connectivity index (χ3n) is 2.72. The van der Waals surface area contributed by atoms with Crippen molar-refractivity contribution in [2.75, 3.05) is 14.1 Å². The molecule has 5 heteroatoms. The van der Waals surface area contributed by atoms with E-state index in [1.54, 1.807) is 31.3 Å². The Hall–Kier alpha value is -2.40. The molecule has 0 saturated heterocycles. The van der Waals surface area contributed by atoms with Crippen molar-refractivity contribution in [3.63, 3.8) is 0 Å². The van der Waals surface area contributed by atoms with Crippen LogP contribution in [-0.2, 0) is 6.54 Å². The van der Waals surface area contributed by atoms with Crippen molar-refractivity contribution in [2.24, 2.45) is 10.7 Å². The van der Waals surface area contributed by atoms with Gasteiger partial charge < -0.3 is 16.2 Å². The molecule has 0 saturated carbocycles. The zero-order valence-electron chi connectivity index (χ0n) is 12.7. The van der Waals surface area contributed by atoms with Gasteiger partial charge in [-0.3, -0.25) is 9.98 Å². The molecule has 1 aromatic carbocycles. The van der Waals surface area contributed by atoms with Crippen LogP contribution in [0.25, 0.3) is 0 Å². The lowest BCUT2D eigenvalue weighted by atomic mass is 10.2. The highest BCUT2D eigenvalue weighted by Crippen LogP contribution is 2.14. The minimum atomic E-state index is 0.163. The van der Waals surface area contributed by atoms with Crippen LogP contribution in [0.1, 0.15) is 17.0 Å². The number of pyridine rings is 1. The van der Waals surface area contributed by atoms with Crippen LogP contribution in [0.2, 0.25) is 0 Å². The summed E-state index contributed by atoms with van der Waals surface area (Å²) in [6.07, 6.45) is 0. The quantitative estimate of drug-likeness (QED) is 0.594. The fourth-order valence-corrected chi connectivity index (χ4v) is 1.69. The van der Waals surface area contributed by atoms with Gasteiger partial charge in [-0.25, -0.2) is 0 Å². The molecule has 0 bridgehead atoms. The van der Waals surface area contributed by atoms with E-state index in [1.165, 1.54) is 0 Å². The number of aliphatic imine (C=N–C) groups is 1. The molecule has 0 amide bonds. The Morgan fingerprint density at radius 1 is 1.24 bits per heavy atom. The first kappa shape index (κ1) is 16.7. The molecule has 0 aliphatic carbocycles. The molecular formula is C16H22N4O. The first-order valence-electron chi connectivity index (χ1n) is 6.66. The second-order valence-corrected chi connectivity index (χ2v) is 4.43. The molecule has 2 rings (SSSR count). The number of phenols is 1. The molecule has 21 heavy (non-hydrogen) atoms. The second kappa shape index (κ2) is 8.71. The molecule has 1 aromatic heterocycles. The normalized spacial score (nSPS) is 10.7. The molecule has 0 spiro atoms. The van der Waals surface area contributed by atoms with E-state index in [1.807, 2.05) is 32.2 Å². The van der Waals surface area contributed by atoms with Crippen molar-refractivity contribution in [1.29, 1.82) is 0 Å². The number of rotatable bonds is 3. The number of benzene rings is 1. The zero-order valence-corrected chi connectivity index (χ0v) is 12.7. The van der Waals surface area contributed by atoms with Crippen LogP contribution in [0.5, 0.6) is 5.75 Å². The van der Waals surface area contributed by atoms with Gasteiger partial charge in [-0.1, -0.05) is 18.2 Å². The Morgan fingerprint density at radius 2 is 1.95 bits per heavy atom. The molecular weight excluding hydrogens is 264 g/mol. The van der Waals surface area contributed by atoms with E-state index in [9.17, 15) is 5.11 Å². The molecule has 0 radical (unpaired) electrons. The van der Waals surface area contributed by atoms with Crippen LogP contribution in [0.15, 0.2) is 47.5 Å². The van der Waals surface area contributed by atoms with Crippen LogP contribution >= 0.6 is 0 Å². The van der Waals surface area contributed by atoms with Gasteiger partial charge in [0.15, 0.2) is 0 Å². The highest BCUT2D eigenvalue weighted by atomic mass is 16.3. The van der Waals surface area contributed by atoms with Crippen LogP contribution in [0.3, 0.4) is 0 Å². The van der Waals surface area contributed by atoms with Gasteiger partial charge in [0, 0.05) is 19.3 Å². The van der Waals surface area contributed by atoms with Crippen molar-refractivity contribution in [3.05, 3.63) is 59.4 Å². The van der Waals surface area contributed by atoms with E-state index < -0.39 is 0 Å². The predicted octanol–water partition coefficient (Wildman–Crippen LogP) is 1.84. The number of hydrogen-bond donors (Lipinski definition) is 3. The van der Waals surface area contributed by atoms with Gasteiger partial charge >= 0.3 is 0 Å². The number of aromatic hydroxyl groups is 1. The fourth-order valence-electron chi connectivity index (χ4n) is 1.69. The summed E-state index contributed by atoms with van der Waals surface area (Å²) in [6, 6.07) is 12.9. The lowest BCUT2D eigenvalue weighted by molar-refractivity contribution is 0.474. The first-order valence-corrected chi connectivity index (χ1v) is 6.66.